The molecule has 0 radical (unpaired) electrons. The standard InChI is InChI=1S/C16H15BrN2O/c1-11-5-6-12(9-18)7-15(11)20-16(10-19)13-3-2-4-14(17)8-13/h2-8,16H,10,19H2,1H3. The molecule has 0 aliphatic rings. The molecule has 2 aromatic rings. The Morgan fingerprint density at radius 1 is 1.30 bits per heavy atom. The van der Waals surface area contributed by atoms with Crippen molar-refractivity contribution in [3.05, 3.63) is 63.6 Å². The number of hydrogen-bond donors (Lipinski definition) is 1. The van der Waals surface area contributed by atoms with Gasteiger partial charge in [0.2, 0.25) is 0 Å². The summed E-state index contributed by atoms with van der Waals surface area (Å²) in [6.07, 6.45) is -0.236. The maximum absolute atomic E-state index is 8.96. The lowest BCUT2D eigenvalue weighted by molar-refractivity contribution is 0.212. The Labute approximate surface area is 127 Å². The molecule has 0 heterocycles. The summed E-state index contributed by atoms with van der Waals surface area (Å²) in [6.45, 7) is 2.32. The summed E-state index contributed by atoms with van der Waals surface area (Å²) in [5.74, 6) is 0.694. The fourth-order valence-electron chi connectivity index (χ4n) is 1.91. The Bertz CT molecular complexity index is 649. The van der Waals surface area contributed by atoms with Crippen LogP contribution in [-0.2, 0) is 0 Å². The van der Waals surface area contributed by atoms with Gasteiger partial charge in [-0.15, -0.1) is 0 Å². The molecule has 102 valence electrons. The number of benzene rings is 2. The van der Waals surface area contributed by atoms with E-state index in [0.717, 1.165) is 15.6 Å². The predicted octanol–water partition coefficient (Wildman–Crippen LogP) is 3.71. The first-order valence-corrected chi connectivity index (χ1v) is 7.06. The summed E-state index contributed by atoms with van der Waals surface area (Å²) in [5.41, 5.74) is 8.38. The van der Waals surface area contributed by atoms with Crippen LogP contribution in [0.15, 0.2) is 46.9 Å². The molecule has 0 saturated heterocycles. The Hall–Kier alpha value is -1.83. The molecule has 0 aliphatic heterocycles. The quantitative estimate of drug-likeness (QED) is 0.929. The zero-order valence-corrected chi connectivity index (χ0v) is 12.7. The molecular weight excluding hydrogens is 316 g/mol. The molecule has 2 aromatic carbocycles. The van der Waals surface area contributed by atoms with Gasteiger partial charge in [-0.3, -0.25) is 0 Å². The van der Waals surface area contributed by atoms with Gasteiger partial charge in [0, 0.05) is 11.0 Å². The summed E-state index contributed by atoms with van der Waals surface area (Å²) in [5, 5.41) is 8.96. The largest absolute Gasteiger partial charge is 0.484 e. The minimum atomic E-state index is -0.236. The van der Waals surface area contributed by atoms with Crippen molar-refractivity contribution in [2.24, 2.45) is 5.73 Å². The number of rotatable bonds is 4. The zero-order chi connectivity index (χ0) is 14.5. The second-order valence-electron chi connectivity index (χ2n) is 4.49. The highest BCUT2D eigenvalue weighted by Crippen LogP contribution is 2.27. The normalized spacial score (nSPS) is 11.7. The summed E-state index contributed by atoms with van der Waals surface area (Å²) in [6, 6.07) is 15.4. The van der Waals surface area contributed by atoms with Crippen LogP contribution < -0.4 is 10.5 Å². The van der Waals surface area contributed by atoms with Crippen molar-refractivity contribution in [3.63, 3.8) is 0 Å². The number of aryl methyl sites for hydroxylation is 1. The van der Waals surface area contributed by atoms with Gasteiger partial charge >= 0.3 is 0 Å². The zero-order valence-electron chi connectivity index (χ0n) is 11.1. The van der Waals surface area contributed by atoms with Crippen LogP contribution >= 0.6 is 15.9 Å². The molecular formula is C16H15BrN2O. The molecule has 0 saturated carbocycles. The van der Waals surface area contributed by atoms with Crippen molar-refractivity contribution in [2.45, 2.75) is 13.0 Å². The number of ether oxygens (including phenoxy) is 1. The van der Waals surface area contributed by atoms with Crippen molar-refractivity contribution in [3.8, 4) is 11.8 Å². The number of hydrogen-bond acceptors (Lipinski definition) is 3. The van der Waals surface area contributed by atoms with E-state index < -0.39 is 0 Å². The van der Waals surface area contributed by atoms with Gasteiger partial charge in [-0.1, -0.05) is 34.1 Å². The second kappa shape index (κ2) is 6.56. The summed E-state index contributed by atoms with van der Waals surface area (Å²) in [7, 11) is 0. The average Bonchev–Trinajstić information content (AvgIpc) is 2.46. The molecule has 0 spiro atoms. The van der Waals surface area contributed by atoms with Crippen LogP contribution in [0, 0.1) is 18.3 Å². The maximum Gasteiger partial charge on any atom is 0.136 e. The van der Waals surface area contributed by atoms with E-state index in [-0.39, 0.29) is 6.10 Å². The molecule has 0 bridgehead atoms. The molecule has 0 amide bonds. The lowest BCUT2D eigenvalue weighted by Crippen LogP contribution is -2.18. The number of nitrogens with zero attached hydrogens (tertiary/aromatic N) is 1. The van der Waals surface area contributed by atoms with Gasteiger partial charge in [0.1, 0.15) is 11.9 Å². The average molecular weight is 331 g/mol. The third kappa shape index (κ3) is 3.38. The van der Waals surface area contributed by atoms with E-state index in [9.17, 15) is 0 Å². The topological polar surface area (TPSA) is 59.0 Å². The van der Waals surface area contributed by atoms with Gasteiger partial charge in [0.25, 0.3) is 0 Å². The lowest BCUT2D eigenvalue weighted by Gasteiger charge is -2.19. The molecule has 0 aromatic heterocycles. The lowest BCUT2D eigenvalue weighted by atomic mass is 10.1. The third-order valence-electron chi connectivity index (χ3n) is 3.02. The van der Waals surface area contributed by atoms with Crippen LogP contribution in [-0.4, -0.2) is 6.54 Å². The molecule has 1 atom stereocenters. The minimum absolute atomic E-state index is 0.236. The Balaban J connectivity index is 2.29. The monoisotopic (exact) mass is 330 g/mol. The van der Waals surface area contributed by atoms with Crippen molar-refractivity contribution < 1.29 is 4.74 Å². The third-order valence-corrected chi connectivity index (χ3v) is 3.51. The van der Waals surface area contributed by atoms with Crippen molar-refractivity contribution in [2.75, 3.05) is 6.54 Å². The fourth-order valence-corrected chi connectivity index (χ4v) is 2.33. The molecule has 2 rings (SSSR count). The van der Waals surface area contributed by atoms with E-state index in [2.05, 4.69) is 22.0 Å². The predicted molar refractivity (Wildman–Crippen MR) is 82.5 cm³/mol. The Morgan fingerprint density at radius 2 is 2.10 bits per heavy atom. The van der Waals surface area contributed by atoms with Gasteiger partial charge in [-0.2, -0.15) is 5.26 Å². The smallest absolute Gasteiger partial charge is 0.136 e. The first-order chi connectivity index (χ1) is 9.63. The maximum atomic E-state index is 8.96. The second-order valence-corrected chi connectivity index (χ2v) is 5.40. The van der Waals surface area contributed by atoms with E-state index in [1.807, 2.05) is 37.3 Å². The van der Waals surface area contributed by atoms with E-state index in [1.165, 1.54) is 0 Å². The number of nitriles is 1. The van der Waals surface area contributed by atoms with Gasteiger partial charge in [0.15, 0.2) is 0 Å². The van der Waals surface area contributed by atoms with E-state index in [1.54, 1.807) is 12.1 Å². The summed E-state index contributed by atoms with van der Waals surface area (Å²) < 4.78 is 6.97. The fraction of sp³-hybridized carbons (Fsp3) is 0.188. The van der Waals surface area contributed by atoms with Crippen LogP contribution in [0.1, 0.15) is 22.8 Å². The van der Waals surface area contributed by atoms with Crippen LogP contribution in [0.3, 0.4) is 0 Å². The molecule has 1 unspecified atom stereocenters. The van der Waals surface area contributed by atoms with Gasteiger partial charge in [0.05, 0.1) is 11.6 Å². The highest BCUT2D eigenvalue weighted by Gasteiger charge is 2.13. The molecule has 4 heteroatoms. The summed E-state index contributed by atoms with van der Waals surface area (Å²) in [4.78, 5) is 0. The van der Waals surface area contributed by atoms with E-state index in [4.69, 9.17) is 15.7 Å². The SMILES string of the molecule is Cc1ccc(C#N)cc1OC(CN)c1cccc(Br)c1. The van der Waals surface area contributed by atoms with E-state index in [0.29, 0.717) is 17.9 Å². The van der Waals surface area contributed by atoms with Crippen molar-refractivity contribution >= 4 is 15.9 Å². The van der Waals surface area contributed by atoms with Crippen LogP contribution in [0.25, 0.3) is 0 Å². The minimum Gasteiger partial charge on any atom is -0.484 e. The molecule has 0 aliphatic carbocycles. The summed E-state index contributed by atoms with van der Waals surface area (Å²) >= 11 is 3.44. The molecule has 0 fully saturated rings. The Kier molecular flexibility index (Phi) is 4.78. The first kappa shape index (κ1) is 14.6. The van der Waals surface area contributed by atoms with Crippen molar-refractivity contribution in [1.82, 2.24) is 0 Å². The van der Waals surface area contributed by atoms with Crippen LogP contribution in [0.5, 0.6) is 5.75 Å². The Morgan fingerprint density at radius 3 is 2.75 bits per heavy atom. The van der Waals surface area contributed by atoms with Crippen LogP contribution in [0.4, 0.5) is 0 Å². The number of nitrogens with two attached hydrogens (primary N) is 1. The first-order valence-electron chi connectivity index (χ1n) is 6.27. The molecule has 20 heavy (non-hydrogen) atoms. The van der Waals surface area contributed by atoms with E-state index >= 15 is 0 Å². The number of halogens is 1. The highest BCUT2D eigenvalue weighted by molar-refractivity contribution is 9.10. The molecule has 2 N–H and O–H groups in total. The van der Waals surface area contributed by atoms with Crippen molar-refractivity contribution in [1.29, 1.82) is 5.26 Å². The van der Waals surface area contributed by atoms with Gasteiger partial charge < -0.3 is 10.5 Å². The molecule has 3 nitrogen and oxygen atoms in total. The highest BCUT2D eigenvalue weighted by atomic mass is 79.9. The van der Waals surface area contributed by atoms with Gasteiger partial charge in [-0.05, 0) is 42.3 Å². The van der Waals surface area contributed by atoms with Crippen LogP contribution in [0.2, 0.25) is 0 Å². The van der Waals surface area contributed by atoms with Gasteiger partial charge in [-0.25, -0.2) is 0 Å².